The number of rotatable bonds is 3. The second kappa shape index (κ2) is 5.12. The molecule has 2 aromatic rings. The second-order valence-corrected chi connectivity index (χ2v) is 4.91. The Labute approximate surface area is 107 Å². The molecule has 5 heteroatoms. The van der Waals surface area contributed by atoms with Gasteiger partial charge in [-0.2, -0.15) is 0 Å². The number of halogens is 3. The van der Waals surface area contributed by atoms with E-state index < -0.39 is 11.6 Å². The monoisotopic (exact) mass is 273 g/mol. The fourth-order valence-electron chi connectivity index (χ4n) is 1.67. The summed E-state index contributed by atoms with van der Waals surface area (Å²) in [6, 6.07) is 5.74. The first-order chi connectivity index (χ1) is 8.13. The van der Waals surface area contributed by atoms with Gasteiger partial charge in [0.1, 0.15) is 0 Å². The second-order valence-electron chi connectivity index (χ2n) is 3.52. The topological polar surface area (TPSA) is 12.0 Å². The molecule has 1 aromatic heterocycles. The van der Waals surface area contributed by atoms with E-state index in [-0.39, 0.29) is 11.1 Å². The molecule has 0 radical (unpaired) electrons. The largest absolute Gasteiger partial charge is 0.309 e. The van der Waals surface area contributed by atoms with Crippen LogP contribution in [0.5, 0.6) is 0 Å². The highest BCUT2D eigenvalue weighted by Crippen LogP contribution is 2.31. The molecule has 1 aromatic carbocycles. The van der Waals surface area contributed by atoms with E-state index in [2.05, 4.69) is 5.32 Å². The van der Waals surface area contributed by atoms with Crippen LogP contribution in [0, 0.1) is 11.6 Å². The van der Waals surface area contributed by atoms with E-state index in [0.717, 1.165) is 17.0 Å². The maximum atomic E-state index is 13.2. The molecule has 0 fully saturated rings. The fraction of sp³-hybridized carbons (Fsp3) is 0.167. The van der Waals surface area contributed by atoms with Gasteiger partial charge in [0, 0.05) is 9.90 Å². The van der Waals surface area contributed by atoms with Gasteiger partial charge in [-0.1, -0.05) is 17.7 Å². The van der Waals surface area contributed by atoms with Crippen molar-refractivity contribution in [1.29, 1.82) is 0 Å². The summed E-state index contributed by atoms with van der Waals surface area (Å²) in [5.41, 5.74) is 0.538. The van der Waals surface area contributed by atoms with E-state index in [4.69, 9.17) is 11.6 Å². The average Bonchev–Trinajstić information content (AvgIpc) is 2.80. The standard InChI is InChI=1S/C12H10ClF2NS/c1-16-12(11-3-2-4-17-11)7-5-9(14)10(15)6-8(7)13/h2-6,12,16H,1H3. The first-order valence-corrected chi connectivity index (χ1v) is 6.24. The van der Waals surface area contributed by atoms with E-state index >= 15 is 0 Å². The molecule has 0 aliphatic carbocycles. The minimum atomic E-state index is -0.931. The van der Waals surface area contributed by atoms with Crippen LogP contribution >= 0.6 is 22.9 Å². The quantitative estimate of drug-likeness (QED) is 0.834. The lowest BCUT2D eigenvalue weighted by Gasteiger charge is -2.16. The lowest BCUT2D eigenvalue weighted by atomic mass is 10.1. The van der Waals surface area contributed by atoms with Crippen molar-refractivity contribution in [2.24, 2.45) is 0 Å². The van der Waals surface area contributed by atoms with Crippen LogP contribution < -0.4 is 5.32 Å². The van der Waals surface area contributed by atoms with Crippen molar-refractivity contribution in [3.05, 3.63) is 56.7 Å². The van der Waals surface area contributed by atoms with E-state index in [1.54, 1.807) is 7.05 Å². The van der Waals surface area contributed by atoms with Crippen LogP contribution in [-0.4, -0.2) is 7.05 Å². The van der Waals surface area contributed by atoms with Gasteiger partial charge in [0.25, 0.3) is 0 Å². The van der Waals surface area contributed by atoms with Gasteiger partial charge in [-0.05, 0) is 36.2 Å². The molecule has 0 saturated heterocycles. The molecular formula is C12H10ClF2NS. The van der Waals surface area contributed by atoms with Crippen molar-refractivity contribution in [3.63, 3.8) is 0 Å². The van der Waals surface area contributed by atoms with Gasteiger partial charge < -0.3 is 5.32 Å². The summed E-state index contributed by atoms with van der Waals surface area (Å²) in [6.07, 6.45) is 0. The number of nitrogens with one attached hydrogen (secondary N) is 1. The Bertz CT molecular complexity index is 513. The number of thiophene rings is 1. The molecule has 17 heavy (non-hydrogen) atoms. The summed E-state index contributed by atoms with van der Waals surface area (Å²) in [4.78, 5) is 1.00. The number of hydrogen-bond acceptors (Lipinski definition) is 2. The summed E-state index contributed by atoms with van der Waals surface area (Å²) >= 11 is 7.48. The molecule has 0 aliphatic heterocycles. The van der Waals surface area contributed by atoms with Crippen LogP contribution in [0.1, 0.15) is 16.5 Å². The zero-order valence-electron chi connectivity index (χ0n) is 9.01. The van der Waals surface area contributed by atoms with Gasteiger partial charge in [-0.15, -0.1) is 11.3 Å². The van der Waals surface area contributed by atoms with Crippen molar-refractivity contribution in [1.82, 2.24) is 5.32 Å². The molecule has 2 rings (SSSR count). The van der Waals surface area contributed by atoms with Crippen LogP contribution in [0.3, 0.4) is 0 Å². The summed E-state index contributed by atoms with van der Waals surface area (Å²) in [6.45, 7) is 0. The van der Waals surface area contributed by atoms with E-state index in [1.807, 2.05) is 17.5 Å². The molecule has 0 bridgehead atoms. The molecule has 0 aliphatic rings. The zero-order valence-corrected chi connectivity index (χ0v) is 10.6. The van der Waals surface area contributed by atoms with Crippen molar-refractivity contribution in [3.8, 4) is 0 Å². The van der Waals surface area contributed by atoms with Crippen molar-refractivity contribution < 1.29 is 8.78 Å². The Morgan fingerprint density at radius 3 is 2.59 bits per heavy atom. The minimum absolute atomic E-state index is 0.219. The molecule has 1 atom stereocenters. The van der Waals surface area contributed by atoms with Crippen LogP contribution in [0.25, 0.3) is 0 Å². The van der Waals surface area contributed by atoms with E-state index in [0.29, 0.717) is 5.56 Å². The molecule has 1 unspecified atom stereocenters. The van der Waals surface area contributed by atoms with E-state index in [9.17, 15) is 8.78 Å². The van der Waals surface area contributed by atoms with Gasteiger partial charge in [0.05, 0.1) is 6.04 Å². The minimum Gasteiger partial charge on any atom is -0.309 e. The van der Waals surface area contributed by atoms with Crippen molar-refractivity contribution in [2.45, 2.75) is 6.04 Å². The third kappa shape index (κ3) is 2.49. The van der Waals surface area contributed by atoms with Crippen LogP contribution in [-0.2, 0) is 0 Å². The Hall–Kier alpha value is -0.970. The summed E-state index contributed by atoms with van der Waals surface area (Å²) < 4.78 is 26.2. The average molecular weight is 274 g/mol. The Balaban J connectivity index is 2.48. The molecular weight excluding hydrogens is 264 g/mol. The lowest BCUT2D eigenvalue weighted by Crippen LogP contribution is -2.17. The third-order valence-electron chi connectivity index (χ3n) is 2.47. The molecule has 1 N–H and O–H groups in total. The maximum Gasteiger partial charge on any atom is 0.160 e. The van der Waals surface area contributed by atoms with Crippen molar-refractivity contribution >= 4 is 22.9 Å². The SMILES string of the molecule is CNC(c1cccs1)c1cc(F)c(F)cc1Cl. The summed E-state index contributed by atoms with van der Waals surface area (Å²) in [7, 11) is 1.75. The molecule has 90 valence electrons. The predicted molar refractivity (Wildman–Crippen MR) is 66.6 cm³/mol. The van der Waals surface area contributed by atoms with E-state index in [1.165, 1.54) is 11.3 Å². The molecule has 0 amide bonds. The molecule has 0 spiro atoms. The highest BCUT2D eigenvalue weighted by atomic mass is 35.5. The molecule has 1 heterocycles. The summed E-state index contributed by atoms with van der Waals surface area (Å²) in [5.74, 6) is -1.82. The highest BCUT2D eigenvalue weighted by molar-refractivity contribution is 7.10. The first kappa shape index (κ1) is 12.5. The van der Waals surface area contributed by atoms with Crippen molar-refractivity contribution in [2.75, 3.05) is 7.05 Å². The molecule has 0 saturated carbocycles. The Morgan fingerprint density at radius 1 is 1.29 bits per heavy atom. The normalized spacial score (nSPS) is 12.7. The van der Waals surface area contributed by atoms with Gasteiger partial charge in [-0.25, -0.2) is 8.78 Å². The van der Waals surface area contributed by atoms with Crippen LogP contribution in [0.2, 0.25) is 5.02 Å². The number of benzene rings is 1. The molecule has 1 nitrogen and oxygen atoms in total. The van der Waals surface area contributed by atoms with Crippen LogP contribution in [0.15, 0.2) is 29.6 Å². The fourth-order valence-corrected chi connectivity index (χ4v) is 2.78. The maximum absolute atomic E-state index is 13.2. The Kier molecular flexibility index (Phi) is 3.76. The van der Waals surface area contributed by atoms with Gasteiger partial charge in [-0.3, -0.25) is 0 Å². The Morgan fingerprint density at radius 2 is 2.00 bits per heavy atom. The van der Waals surface area contributed by atoms with Gasteiger partial charge in [0.2, 0.25) is 0 Å². The first-order valence-electron chi connectivity index (χ1n) is 4.98. The third-order valence-corrected chi connectivity index (χ3v) is 3.73. The lowest BCUT2D eigenvalue weighted by molar-refractivity contribution is 0.505. The summed E-state index contributed by atoms with van der Waals surface area (Å²) in [5, 5.41) is 5.19. The predicted octanol–water partition coefficient (Wildman–Crippen LogP) is 3.99. The smallest absolute Gasteiger partial charge is 0.160 e. The van der Waals surface area contributed by atoms with Gasteiger partial charge in [0.15, 0.2) is 11.6 Å². The van der Waals surface area contributed by atoms with Crippen LogP contribution in [0.4, 0.5) is 8.78 Å². The number of hydrogen-bond donors (Lipinski definition) is 1. The highest BCUT2D eigenvalue weighted by Gasteiger charge is 2.18. The zero-order chi connectivity index (χ0) is 12.4. The van der Waals surface area contributed by atoms with Gasteiger partial charge >= 0.3 is 0 Å².